The molecule has 21 heavy (non-hydrogen) atoms. The van der Waals surface area contributed by atoms with Crippen LogP contribution in [0.15, 0.2) is 30.3 Å². The summed E-state index contributed by atoms with van der Waals surface area (Å²) in [5.41, 5.74) is -0.227. The van der Waals surface area contributed by atoms with E-state index in [-0.39, 0.29) is 17.0 Å². The normalized spacial score (nSPS) is 29.9. The molecule has 0 aromatic heterocycles. The predicted octanol–water partition coefficient (Wildman–Crippen LogP) is 3.51. The quantitative estimate of drug-likeness (QED) is 0.922. The molecule has 0 spiro atoms. The molecular formula is C17H23NO3. The summed E-state index contributed by atoms with van der Waals surface area (Å²) in [7, 11) is 0. The third kappa shape index (κ3) is 2.99. The monoisotopic (exact) mass is 289 g/mol. The predicted molar refractivity (Wildman–Crippen MR) is 80.3 cm³/mol. The number of alkyl carbamates (subject to hydrolysis) is 1. The summed E-state index contributed by atoms with van der Waals surface area (Å²) >= 11 is 0. The standard InChI is InChI=1S/C17H23NO3/c1-15(2,3)21-14(19)18-17-9-16(10-17,11-17)12-20-13-7-5-4-6-8-13/h4-8H,9-12H2,1-3H3,(H,18,19). The summed E-state index contributed by atoms with van der Waals surface area (Å²) in [6.07, 6.45) is 2.67. The molecule has 4 heteroatoms. The lowest BCUT2D eigenvalue weighted by Gasteiger charge is -2.69. The molecule has 2 bridgehead atoms. The Morgan fingerprint density at radius 3 is 2.38 bits per heavy atom. The van der Waals surface area contributed by atoms with Gasteiger partial charge < -0.3 is 14.8 Å². The van der Waals surface area contributed by atoms with Crippen molar-refractivity contribution in [1.29, 1.82) is 0 Å². The second-order valence-corrected chi connectivity index (χ2v) is 7.54. The van der Waals surface area contributed by atoms with Gasteiger partial charge in [0.1, 0.15) is 11.4 Å². The first-order valence-corrected chi connectivity index (χ1v) is 7.49. The Labute approximate surface area is 125 Å². The number of rotatable bonds is 4. The van der Waals surface area contributed by atoms with E-state index >= 15 is 0 Å². The molecule has 1 aromatic rings. The maximum absolute atomic E-state index is 11.8. The molecule has 0 unspecified atom stereocenters. The third-order valence-electron chi connectivity index (χ3n) is 4.19. The van der Waals surface area contributed by atoms with Gasteiger partial charge in [-0.15, -0.1) is 0 Å². The van der Waals surface area contributed by atoms with Gasteiger partial charge in [-0.05, 0) is 52.2 Å². The Kier molecular flexibility index (Phi) is 3.15. The summed E-state index contributed by atoms with van der Waals surface area (Å²) in [6, 6.07) is 9.87. The van der Waals surface area contributed by atoms with Crippen LogP contribution in [-0.4, -0.2) is 23.8 Å². The maximum Gasteiger partial charge on any atom is 0.408 e. The fraction of sp³-hybridized carbons (Fsp3) is 0.588. The molecule has 1 amide bonds. The number of nitrogens with one attached hydrogen (secondary N) is 1. The average Bonchev–Trinajstić information content (AvgIpc) is 2.29. The summed E-state index contributed by atoms with van der Waals surface area (Å²) in [5.74, 6) is 0.913. The zero-order valence-corrected chi connectivity index (χ0v) is 12.9. The minimum atomic E-state index is -0.443. The van der Waals surface area contributed by atoms with E-state index in [9.17, 15) is 4.79 Å². The summed E-state index contributed by atoms with van der Waals surface area (Å²) in [4.78, 5) is 11.8. The summed E-state index contributed by atoms with van der Waals surface area (Å²) in [6.45, 7) is 6.37. The molecule has 3 aliphatic rings. The number of ether oxygens (including phenoxy) is 2. The van der Waals surface area contributed by atoms with Crippen LogP contribution >= 0.6 is 0 Å². The Bertz CT molecular complexity index is 513. The lowest BCUT2D eigenvalue weighted by molar-refractivity contribution is -0.170. The van der Waals surface area contributed by atoms with E-state index in [2.05, 4.69) is 5.32 Å². The van der Waals surface area contributed by atoms with Crippen molar-refractivity contribution in [1.82, 2.24) is 5.32 Å². The summed E-state index contributed by atoms with van der Waals surface area (Å²) in [5, 5.41) is 3.02. The van der Waals surface area contributed by atoms with Crippen molar-refractivity contribution in [3.8, 4) is 5.75 Å². The first kappa shape index (κ1) is 14.2. The van der Waals surface area contributed by atoms with E-state index in [4.69, 9.17) is 9.47 Å². The van der Waals surface area contributed by atoms with Gasteiger partial charge in [-0.1, -0.05) is 18.2 Å². The fourth-order valence-corrected chi connectivity index (χ4v) is 3.56. The number of carbonyl (C=O) groups is 1. The molecule has 0 aliphatic heterocycles. The van der Waals surface area contributed by atoms with E-state index in [1.165, 1.54) is 0 Å². The van der Waals surface area contributed by atoms with Gasteiger partial charge in [0, 0.05) is 11.0 Å². The Hall–Kier alpha value is -1.71. The van der Waals surface area contributed by atoms with Crippen LogP contribution in [-0.2, 0) is 4.74 Å². The first-order chi connectivity index (χ1) is 9.80. The summed E-state index contributed by atoms with van der Waals surface area (Å²) < 4.78 is 11.2. The molecule has 0 radical (unpaired) electrons. The van der Waals surface area contributed by atoms with Crippen LogP contribution in [0.25, 0.3) is 0 Å². The minimum absolute atomic E-state index is 0.0393. The fourth-order valence-electron chi connectivity index (χ4n) is 3.56. The second-order valence-electron chi connectivity index (χ2n) is 7.54. The van der Waals surface area contributed by atoms with Crippen LogP contribution in [0.5, 0.6) is 5.75 Å². The zero-order valence-electron chi connectivity index (χ0n) is 12.9. The highest BCUT2D eigenvalue weighted by Gasteiger charge is 2.69. The SMILES string of the molecule is CC(C)(C)OC(=O)NC12CC(COc3ccccc3)(C1)C2. The van der Waals surface area contributed by atoms with Crippen molar-refractivity contribution in [2.24, 2.45) is 5.41 Å². The van der Waals surface area contributed by atoms with Gasteiger partial charge in [0.25, 0.3) is 0 Å². The van der Waals surface area contributed by atoms with Crippen LogP contribution in [0.2, 0.25) is 0 Å². The smallest absolute Gasteiger partial charge is 0.408 e. The molecule has 3 fully saturated rings. The highest BCUT2D eigenvalue weighted by atomic mass is 16.6. The van der Waals surface area contributed by atoms with Crippen LogP contribution in [0.1, 0.15) is 40.0 Å². The number of carbonyl (C=O) groups excluding carboxylic acids is 1. The van der Waals surface area contributed by atoms with E-state index in [1.54, 1.807) is 0 Å². The number of amides is 1. The van der Waals surface area contributed by atoms with Crippen molar-refractivity contribution >= 4 is 6.09 Å². The van der Waals surface area contributed by atoms with Crippen LogP contribution in [0.4, 0.5) is 4.79 Å². The number of benzene rings is 1. The third-order valence-corrected chi connectivity index (χ3v) is 4.19. The van der Waals surface area contributed by atoms with E-state index < -0.39 is 5.60 Å². The first-order valence-electron chi connectivity index (χ1n) is 7.49. The Balaban J connectivity index is 1.43. The zero-order chi connectivity index (χ0) is 15.1. The topological polar surface area (TPSA) is 47.6 Å². The molecule has 0 saturated heterocycles. The van der Waals surface area contributed by atoms with Gasteiger partial charge in [-0.25, -0.2) is 4.79 Å². The lowest BCUT2D eigenvalue weighted by atomic mass is 9.39. The van der Waals surface area contributed by atoms with E-state index in [0.29, 0.717) is 0 Å². The number of para-hydroxylation sites is 1. The van der Waals surface area contributed by atoms with Crippen LogP contribution in [0, 0.1) is 5.41 Å². The van der Waals surface area contributed by atoms with Crippen LogP contribution < -0.4 is 10.1 Å². The molecule has 0 heterocycles. The van der Waals surface area contributed by atoms with Gasteiger partial charge in [0.15, 0.2) is 0 Å². The molecule has 4 rings (SSSR count). The number of hydrogen-bond acceptors (Lipinski definition) is 3. The largest absolute Gasteiger partial charge is 0.493 e. The Morgan fingerprint density at radius 1 is 1.19 bits per heavy atom. The number of hydrogen-bond donors (Lipinski definition) is 1. The molecule has 4 nitrogen and oxygen atoms in total. The Morgan fingerprint density at radius 2 is 1.81 bits per heavy atom. The van der Waals surface area contributed by atoms with Crippen LogP contribution in [0.3, 0.4) is 0 Å². The van der Waals surface area contributed by atoms with Gasteiger partial charge >= 0.3 is 6.09 Å². The second kappa shape index (κ2) is 4.65. The average molecular weight is 289 g/mol. The minimum Gasteiger partial charge on any atom is -0.493 e. The van der Waals surface area contributed by atoms with Gasteiger partial charge in [0.05, 0.1) is 6.61 Å². The molecule has 1 aromatic carbocycles. The maximum atomic E-state index is 11.8. The van der Waals surface area contributed by atoms with Gasteiger partial charge in [-0.3, -0.25) is 0 Å². The molecule has 0 atom stereocenters. The van der Waals surface area contributed by atoms with Crippen molar-refractivity contribution < 1.29 is 14.3 Å². The van der Waals surface area contributed by atoms with Crippen molar-refractivity contribution in [3.05, 3.63) is 30.3 Å². The highest BCUT2D eigenvalue weighted by Crippen LogP contribution is 2.67. The molecular weight excluding hydrogens is 266 g/mol. The van der Waals surface area contributed by atoms with E-state index in [1.807, 2.05) is 51.1 Å². The molecule has 1 N–H and O–H groups in total. The van der Waals surface area contributed by atoms with Gasteiger partial charge in [0.2, 0.25) is 0 Å². The lowest BCUT2D eigenvalue weighted by Crippen LogP contribution is -2.76. The van der Waals surface area contributed by atoms with Gasteiger partial charge in [-0.2, -0.15) is 0 Å². The molecule has 114 valence electrons. The van der Waals surface area contributed by atoms with E-state index in [0.717, 1.165) is 31.6 Å². The molecule has 3 saturated carbocycles. The molecule has 3 aliphatic carbocycles. The van der Waals surface area contributed by atoms with Crippen molar-refractivity contribution in [3.63, 3.8) is 0 Å². The van der Waals surface area contributed by atoms with Crippen molar-refractivity contribution in [2.45, 2.75) is 51.2 Å². The van der Waals surface area contributed by atoms with Crippen molar-refractivity contribution in [2.75, 3.05) is 6.61 Å². The highest BCUT2D eigenvalue weighted by molar-refractivity contribution is 5.69.